The number of rotatable bonds is 11. The largest absolute Gasteiger partial charge is 0.490 e. The van der Waals surface area contributed by atoms with Gasteiger partial charge in [0.05, 0.1) is 12.2 Å². The summed E-state index contributed by atoms with van der Waals surface area (Å²) in [5.74, 6) is 1.55. The van der Waals surface area contributed by atoms with E-state index >= 15 is 0 Å². The van der Waals surface area contributed by atoms with Crippen LogP contribution in [0.1, 0.15) is 88.4 Å². The number of anilines is 2. The molecule has 3 aliphatic rings. The predicted molar refractivity (Wildman–Crippen MR) is 211 cm³/mol. The Bertz CT molecular complexity index is 1930. The summed E-state index contributed by atoms with van der Waals surface area (Å²) >= 11 is 0. The van der Waals surface area contributed by atoms with Crippen molar-refractivity contribution in [3.05, 3.63) is 118 Å². The number of nitrogens with zero attached hydrogens (tertiary/aromatic N) is 3. The van der Waals surface area contributed by atoms with Gasteiger partial charge in [-0.1, -0.05) is 29.8 Å². The van der Waals surface area contributed by atoms with E-state index in [1.807, 2.05) is 79.4 Å². The number of ketones is 1. The van der Waals surface area contributed by atoms with Crippen LogP contribution in [0.25, 0.3) is 0 Å². The van der Waals surface area contributed by atoms with Crippen LogP contribution in [0.2, 0.25) is 0 Å². The highest BCUT2D eigenvalue weighted by atomic mass is 16.5. The fraction of sp³-hybridized carbons (Fsp3) is 0.400. The summed E-state index contributed by atoms with van der Waals surface area (Å²) in [5, 5.41) is 0. The molecule has 9 heteroatoms. The van der Waals surface area contributed by atoms with Crippen molar-refractivity contribution in [3.8, 4) is 11.5 Å². The number of aryl methyl sites for hydroxylation is 1. The van der Waals surface area contributed by atoms with Crippen LogP contribution in [0.5, 0.6) is 11.5 Å². The second-order valence-corrected chi connectivity index (χ2v) is 14.7. The van der Waals surface area contributed by atoms with Crippen molar-refractivity contribution in [3.63, 3.8) is 0 Å². The van der Waals surface area contributed by atoms with Gasteiger partial charge >= 0.3 is 5.97 Å². The molecule has 0 N–H and O–H groups in total. The quantitative estimate of drug-likeness (QED) is 0.145. The molecule has 2 heterocycles. The Morgan fingerprint density at radius 3 is 2.04 bits per heavy atom. The Morgan fingerprint density at radius 2 is 1.39 bits per heavy atom. The van der Waals surface area contributed by atoms with E-state index in [0.29, 0.717) is 31.9 Å². The maximum Gasteiger partial charge on any atom is 0.338 e. The molecule has 2 saturated heterocycles. The van der Waals surface area contributed by atoms with Crippen LogP contribution in [0, 0.1) is 6.92 Å². The summed E-state index contributed by atoms with van der Waals surface area (Å²) in [4.78, 5) is 44.5. The lowest BCUT2D eigenvalue weighted by Crippen LogP contribution is -2.46. The zero-order valence-corrected chi connectivity index (χ0v) is 31.7. The van der Waals surface area contributed by atoms with Crippen LogP contribution in [0.4, 0.5) is 11.4 Å². The monoisotopic (exact) mass is 729 g/mol. The van der Waals surface area contributed by atoms with Gasteiger partial charge in [-0.05, 0) is 111 Å². The lowest BCUT2D eigenvalue weighted by Gasteiger charge is -2.38. The third-order valence-corrected chi connectivity index (χ3v) is 11.1. The molecule has 0 spiro atoms. The number of amides is 1. The lowest BCUT2D eigenvalue weighted by molar-refractivity contribution is -0.118. The second kappa shape index (κ2) is 16.8. The van der Waals surface area contributed by atoms with Crippen LogP contribution >= 0.6 is 0 Å². The van der Waals surface area contributed by atoms with Gasteiger partial charge in [0, 0.05) is 81.0 Å². The van der Waals surface area contributed by atoms with E-state index in [4.69, 9.17) is 14.2 Å². The van der Waals surface area contributed by atoms with Gasteiger partial charge in [-0.15, -0.1) is 0 Å². The van der Waals surface area contributed by atoms with Gasteiger partial charge in [0.25, 0.3) is 5.91 Å². The van der Waals surface area contributed by atoms with Gasteiger partial charge in [-0.2, -0.15) is 0 Å². The molecule has 9 nitrogen and oxygen atoms in total. The first-order chi connectivity index (χ1) is 26.2. The van der Waals surface area contributed by atoms with Gasteiger partial charge in [0.2, 0.25) is 0 Å². The third kappa shape index (κ3) is 8.56. The number of piperidine rings is 1. The number of benzene rings is 4. The normalized spacial score (nSPS) is 17.5. The number of hydrogen-bond donors (Lipinski definition) is 0. The molecule has 2 fully saturated rings. The number of carbonyl (C=O) groups is 3. The average molecular weight is 730 g/mol. The highest BCUT2D eigenvalue weighted by Crippen LogP contribution is 2.41. The van der Waals surface area contributed by atoms with Gasteiger partial charge < -0.3 is 28.9 Å². The number of carbonyl (C=O) groups excluding carboxylic acids is 3. The molecule has 1 amide bonds. The number of ether oxygens (including phenoxy) is 3. The standard InChI is InChI=1S/C45H51N3O6/c1-4-52-45(51)35-14-16-36(17-15-35)46-24-26-47(27-25-46)37-28-42-40(32(3)49)6-5-7-41(42)43(29-37)53-30-33-10-18-38(19-11-33)54-39-20-22-48(23-21-39)44(50)34-12-8-31(2)9-13-34/h8-19,28-29,39-40H,4-7,20-27,30H2,1-3H3. The number of piperazine rings is 1. The van der Waals surface area contributed by atoms with Crippen LogP contribution in [0.15, 0.2) is 84.9 Å². The van der Waals surface area contributed by atoms with Crippen molar-refractivity contribution in [2.45, 2.75) is 71.5 Å². The second-order valence-electron chi connectivity index (χ2n) is 14.7. The minimum atomic E-state index is -0.300. The smallest absolute Gasteiger partial charge is 0.338 e. The zero-order chi connectivity index (χ0) is 37.6. The summed E-state index contributed by atoms with van der Waals surface area (Å²) in [5.41, 5.74) is 7.91. The zero-order valence-electron chi connectivity index (χ0n) is 31.7. The molecule has 0 aromatic heterocycles. The van der Waals surface area contributed by atoms with Gasteiger partial charge in [0.1, 0.15) is 30.0 Å². The van der Waals surface area contributed by atoms with Crippen molar-refractivity contribution < 1.29 is 28.6 Å². The fourth-order valence-electron chi connectivity index (χ4n) is 7.92. The molecule has 0 saturated carbocycles. The highest BCUT2D eigenvalue weighted by molar-refractivity contribution is 5.94. The van der Waals surface area contributed by atoms with Crippen molar-refractivity contribution in [2.24, 2.45) is 0 Å². The summed E-state index contributed by atoms with van der Waals surface area (Å²) in [6.45, 7) is 11.0. The van der Waals surface area contributed by atoms with E-state index in [0.717, 1.165) is 109 Å². The van der Waals surface area contributed by atoms with E-state index in [-0.39, 0.29) is 29.7 Å². The van der Waals surface area contributed by atoms with Crippen LogP contribution in [-0.4, -0.2) is 74.5 Å². The molecule has 0 bridgehead atoms. The SMILES string of the molecule is CCOC(=O)c1ccc(N2CCN(c3cc(OCc4ccc(OC5CCN(C(=O)c6ccc(C)cc6)CC5)cc4)c4c(c3)C(C(C)=O)CCC4)CC2)cc1. The molecular weight excluding hydrogens is 679 g/mol. The first kappa shape index (κ1) is 37.0. The van der Waals surface area contributed by atoms with E-state index in [1.165, 1.54) is 0 Å². The number of esters is 1. The molecule has 1 unspecified atom stereocenters. The van der Waals surface area contributed by atoms with Crippen LogP contribution in [0.3, 0.4) is 0 Å². The third-order valence-electron chi connectivity index (χ3n) is 11.1. The number of likely N-dealkylation sites (tertiary alicyclic amines) is 1. The molecule has 4 aromatic rings. The number of fused-ring (bicyclic) bond motifs is 1. The summed E-state index contributed by atoms with van der Waals surface area (Å²) in [6.07, 6.45) is 4.38. The van der Waals surface area contributed by atoms with Crippen molar-refractivity contribution in [1.82, 2.24) is 4.90 Å². The lowest BCUT2D eigenvalue weighted by atomic mass is 9.80. The first-order valence-electron chi connectivity index (χ1n) is 19.4. The van der Waals surface area contributed by atoms with Gasteiger partial charge in [0.15, 0.2) is 0 Å². The van der Waals surface area contributed by atoms with E-state index in [9.17, 15) is 14.4 Å². The molecular formula is C45H51N3O6. The van der Waals surface area contributed by atoms with Gasteiger partial charge in [-0.25, -0.2) is 4.79 Å². The Morgan fingerprint density at radius 1 is 0.741 bits per heavy atom. The first-order valence-corrected chi connectivity index (χ1v) is 19.4. The predicted octanol–water partition coefficient (Wildman–Crippen LogP) is 7.77. The number of hydrogen-bond acceptors (Lipinski definition) is 8. The summed E-state index contributed by atoms with van der Waals surface area (Å²) < 4.78 is 18.1. The molecule has 1 aliphatic carbocycles. The highest BCUT2D eigenvalue weighted by Gasteiger charge is 2.29. The molecule has 54 heavy (non-hydrogen) atoms. The number of Topliss-reactive ketones (excluding diaryl/α,β-unsaturated/α-hetero) is 1. The topological polar surface area (TPSA) is 88.6 Å². The van der Waals surface area contributed by atoms with Crippen LogP contribution < -0.4 is 19.3 Å². The maximum absolute atomic E-state index is 12.9. The van der Waals surface area contributed by atoms with E-state index in [2.05, 4.69) is 34.1 Å². The minimum absolute atomic E-state index is 0.0661. The molecule has 7 rings (SSSR count). The molecule has 0 radical (unpaired) electrons. The summed E-state index contributed by atoms with van der Waals surface area (Å²) in [6, 6.07) is 27.9. The molecule has 2 aliphatic heterocycles. The average Bonchev–Trinajstić information content (AvgIpc) is 3.20. The van der Waals surface area contributed by atoms with E-state index in [1.54, 1.807) is 6.92 Å². The fourth-order valence-corrected chi connectivity index (χ4v) is 7.92. The maximum atomic E-state index is 12.9. The molecule has 282 valence electrons. The van der Waals surface area contributed by atoms with Gasteiger partial charge in [-0.3, -0.25) is 9.59 Å². The Hall–Kier alpha value is -5.31. The van der Waals surface area contributed by atoms with Crippen molar-refractivity contribution >= 4 is 29.0 Å². The minimum Gasteiger partial charge on any atom is -0.490 e. The molecule has 4 aromatic carbocycles. The summed E-state index contributed by atoms with van der Waals surface area (Å²) in [7, 11) is 0. The Balaban J connectivity index is 0.971. The van der Waals surface area contributed by atoms with Crippen LogP contribution in [-0.2, 0) is 22.6 Å². The molecule has 1 atom stereocenters. The Kier molecular flexibility index (Phi) is 11.5. The van der Waals surface area contributed by atoms with Crippen molar-refractivity contribution in [2.75, 3.05) is 55.7 Å². The Labute approximate surface area is 318 Å². The van der Waals surface area contributed by atoms with E-state index < -0.39 is 0 Å². The van der Waals surface area contributed by atoms with Crippen molar-refractivity contribution in [1.29, 1.82) is 0 Å².